The van der Waals surface area contributed by atoms with Crippen molar-refractivity contribution in [2.75, 3.05) is 26.8 Å². The van der Waals surface area contributed by atoms with Gasteiger partial charge in [0.2, 0.25) is 0 Å². The summed E-state index contributed by atoms with van der Waals surface area (Å²) >= 11 is 0. The Morgan fingerprint density at radius 1 is 1.11 bits per heavy atom. The number of likely N-dealkylation sites (tertiary alicyclic amines) is 1. The van der Waals surface area contributed by atoms with Gasteiger partial charge in [0.05, 0.1) is 13.7 Å². The van der Waals surface area contributed by atoms with Gasteiger partial charge in [-0.1, -0.05) is 30.3 Å². The van der Waals surface area contributed by atoms with E-state index >= 15 is 0 Å². The molecule has 0 bridgehead atoms. The lowest BCUT2D eigenvalue weighted by Gasteiger charge is -2.32. The number of methoxy groups -OCH3 is 1. The van der Waals surface area contributed by atoms with E-state index < -0.39 is 0 Å². The summed E-state index contributed by atoms with van der Waals surface area (Å²) in [6.07, 6.45) is 1.93. The zero-order chi connectivity index (χ0) is 19.1. The Bertz CT molecular complexity index is 740. The second-order valence-corrected chi connectivity index (χ2v) is 6.81. The van der Waals surface area contributed by atoms with Crippen LogP contribution in [0.1, 0.15) is 35.7 Å². The van der Waals surface area contributed by atoms with Crippen molar-refractivity contribution in [2.24, 2.45) is 0 Å². The molecule has 1 saturated heterocycles. The average molecular weight is 368 g/mol. The molecule has 0 atom stereocenters. The third-order valence-corrected chi connectivity index (χ3v) is 4.90. The van der Waals surface area contributed by atoms with E-state index in [1.807, 2.05) is 13.0 Å². The minimum absolute atomic E-state index is 0.0554. The second-order valence-electron chi connectivity index (χ2n) is 6.81. The third-order valence-electron chi connectivity index (χ3n) is 4.90. The molecule has 0 spiro atoms. The van der Waals surface area contributed by atoms with Gasteiger partial charge in [-0.3, -0.25) is 9.69 Å². The number of benzene rings is 2. The van der Waals surface area contributed by atoms with Crippen LogP contribution in [0.3, 0.4) is 0 Å². The van der Waals surface area contributed by atoms with E-state index in [1.54, 1.807) is 25.3 Å². The first-order valence-corrected chi connectivity index (χ1v) is 9.57. The average Bonchev–Trinajstić information content (AvgIpc) is 2.70. The summed E-state index contributed by atoms with van der Waals surface area (Å²) in [5, 5.41) is 3.16. The molecule has 2 aromatic rings. The molecule has 1 aliphatic heterocycles. The molecule has 5 heteroatoms. The largest absolute Gasteiger partial charge is 0.493 e. The molecule has 5 nitrogen and oxygen atoms in total. The Balaban J connectivity index is 1.52. The minimum Gasteiger partial charge on any atom is -0.493 e. The Morgan fingerprint density at radius 2 is 1.85 bits per heavy atom. The van der Waals surface area contributed by atoms with E-state index in [2.05, 4.69) is 34.5 Å². The van der Waals surface area contributed by atoms with Gasteiger partial charge < -0.3 is 14.8 Å². The summed E-state index contributed by atoms with van der Waals surface area (Å²) in [4.78, 5) is 15.1. The maximum Gasteiger partial charge on any atom is 0.251 e. The van der Waals surface area contributed by atoms with Crippen LogP contribution in [0.5, 0.6) is 11.5 Å². The molecule has 1 aliphatic rings. The van der Waals surface area contributed by atoms with Crippen LogP contribution >= 0.6 is 0 Å². The summed E-state index contributed by atoms with van der Waals surface area (Å²) in [5.41, 5.74) is 1.94. The summed E-state index contributed by atoms with van der Waals surface area (Å²) in [7, 11) is 1.60. The van der Waals surface area contributed by atoms with Crippen molar-refractivity contribution in [1.82, 2.24) is 10.2 Å². The molecule has 2 aromatic carbocycles. The molecule has 144 valence electrons. The predicted octanol–water partition coefficient (Wildman–Crippen LogP) is 3.49. The second kappa shape index (κ2) is 9.42. The van der Waals surface area contributed by atoms with Crippen molar-refractivity contribution >= 4 is 5.91 Å². The van der Waals surface area contributed by atoms with Gasteiger partial charge in [-0.2, -0.15) is 0 Å². The highest BCUT2D eigenvalue weighted by atomic mass is 16.5. The number of nitrogens with one attached hydrogen (secondary N) is 1. The van der Waals surface area contributed by atoms with E-state index in [1.165, 1.54) is 5.56 Å². The SMILES string of the molecule is CCOc1cc(C(=O)NC2CCN(Cc3ccccc3)CC2)ccc1OC. The normalized spacial score (nSPS) is 15.3. The number of carbonyl (C=O) groups is 1. The highest BCUT2D eigenvalue weighted by Gasteiger charge is 2.21. The quantitative estimate of drug-likeness (QED) is 0.813. The lowest BCUT2D eigenvalue weighted by atomic mass is 10.0. The van der Waals surface area contributed by atoms with Crippen LogP contribution < -0.4 is 14.8 Å². The maximum absolute atomic E-state index is 12.6. The molecule has 1 fully saturated rings. The molecule has 1 N–H and O–H groups in total. The van der Waals surface area contributed by atoms with E-state index in [9.17, 15) is 4.79 Å². The summed E-state index contributed by atoms with van der Waals surface area (Å²) in [5.74, 6) is 1.19. The molecular weight excluding hydrogens is 340 g/mol. The van der Waals surface area contributed by atoms with Gasteiger partial charge in [0.25, 0.3) is 5.91 Å². The Hall–Kier alpha value is -2.53. The number of piperidine rings is 1. The van der Waals surface area contributed by atoms with Gasteiger partial charge in [-0.05, 0) is 43.5 Å². The van der Waals surface area contributed by atoms with Crippen molar-refractivity contribution in [3.63, 3.8) is 0 Å². The molecule has 1 heterocycles. The first kappa shape index (κ1) is 19.2. The number of amides is 1. The fraction of sp³-hybridized carbons (Fsp3) is 0.409. The topological polar surface area (TPSA) is 50.8 Å². The Morgan fingerprint density at radius 3 is 2.52 bits per heavy atom. The number of ether oxygens (including phenoxy) is 2. The molecule has 1 amide bonds. The third kappa shape index (κ3) is 5.23. The van der Waals surface area contributed by atoms with Crippen molar-refractivity contribution < 1.29 is 14.3 Å². The van der Waals surface area contributed by atoms with Gasteiger partial charge in [-0.15, -0.1) is 0 Å². The highest BCUT2D eigenvalue weighted by molar-refractivity contribution is 5.95. The van der Waals surface area contributed by atoms with Gasteiger partial charge >= 0.3 is 0 Å². The molecule has 0 unspecified atom stereocenters. The lowest BCUT2D eigenvalue weighted by Crippen LogP contribution is -2.44. The first-order valence-electron chi connectivity index (χ1n) is 9.57. The number of rotatable bonds is 7. The summed E-state index contributed by atoms with van der Waals surface area (Å²) < 4.78 is 10.8. The van der Waals surface area contributed by atoms with Crippen LogP contribution in [-0.4, -0.2) is 43.7 Å². The zero-order valence-corrected chi connectivity index (χ0v) is 16.1. The number of carbonyl (C=O) groups excluding carboxylic acids is 1. The molecule has 0 saturated carbocycles. The number of hydrogen-bond donors (Lipinski definition) is 1. The molecule has 0 aliphatic carbocycles. The van der Waals surface area contributed by atoms with Crippen LogP contribution in [-0.2, 0) is 6.54 Å². The highest BCUT2D eigenvalue weighted by Crippen LogP contribution is 2.28. The fourth-order valence-corrected chi connectivity index (χ4v) is 3.43. The zero-order valence-electron chi connectivity index (χ0n) is 16.1. The predicted molar refractivity (Wildman–Crippen MR) is 106 cm³/mol. The molecule has 0 aromatic heterocycles. The van der Waals surface area contributed by atoms with Crippen LogP contribution in [0, 0.1) is 0 Å². The smallest absolute Gasteiger partial charge is 0.251 e. The van der Waals surface area contributed by atoms with E-state index in [-0.39, 0.29) is 11.9 Å². The van der Waals surface area contributed by atoms with Crippen LogP contribution in [0.15, 0.2) is 48.5 Å². The van der Waals surface area contributed by atoms with E-state index in [0.717, 1.165) is 32.5 Å². The maximum atomic E-state index is 12.6. The van der Waals surface area contributed by atoms with E-state index in [4.69, 9.17) is 9.47 Å². The van der Waals surface area contributed by atoms with Crippen LogP contribution in [0.4, 0.5) is 0 Å². The standard InChI is InChI=1S/C22H28N2O3/c1-3-27-21-15-18(9-10-20(21)26-2)22(25)23-19-11-13-24(14-12-19)16-17-7-5-4-6-8-17/h4-10,15,19H,3,11-14,16H2,1-2H3,(H,23,25). The fourth-order valence-electron chi connectivity index (χ4n) is 3.43. The minimum atomic E-state index is -0.0554. The van der Waals surface area contributed by atoms with Gasteiger partial charge in [-0.25, -0.2) is 0 Å². The van der Waals surface area contributed by atoms with Crippen molar-refractivity contribution in [2.45, 2.75) is 32.4 Å². The van der Waals surface area contributed by atoms with Crippen LogP contribution in [0.2, 0.25) is 0 Å². The van der Waals surface area contributed by atoms with E-state index in [0.29, 0.717) is 23.7 Å². The number of hydrogen-bond acceptors (Lipinski definition) is 4. The first-order chi connectivity index (χ1) is 13.2. The van der Waals surface area contributed by atoms with Crippen LogP contribution in [0.25, 0.3) is 0 Å². The summed E-state index contributed by atoms with van der Waals surface area (Å²) in [6.45, 7) is 5.40. The molecule has 27 heavy (non-hydrogen) atoms. The summed E-state index contributed by atoms with van der Waals surface area (Å²) in [6, 6.07) is 16.0. The number of nitrogens with zero attached hydrogens (tertiary/aromatic N) is 1. The van der Waals surface area contributed by atoms with Gasteiger partial charge in [0, 0.05) is 31.2 Å². The van der Waals surface area contributed by atoms with Crippen molar-refractivity contribution in [3.8, 4) is 11.5 Å². The lowest BCUT2D eigenvalue weighted by molar-refractivity contribution is 0.0908. The molecular formula is C22H28N2O3. The Labute approximate surface area is 161 Å². The van der Waals surface area contributed by atoms with Crippen molar-refractivity contribution in [1.29, 1.82) is 0 Å². The monoisotopic (exact) mass is 368 g/mol. The van der Waals surface area contributed by atoms with Crippen molar-refractivity contribution in [3.05, 3.63) is 59.7 Å². The molecule has 3 rings (SSSR count). The molecule has 0 radical (unpaired) electrons. The Kier molecular flexibility index (Phi) is 6.71. The van der Waals surface area contributed by atoms with Gasteiger partial charge in [0.15, 0.2) is 11.5 Å². The van der Waals surface area contributed by atoms with Gasteiger partial charge in [0.1, 0.15) is 0 Å².